The molecule has 1 heterocycles. The monoisotopic (exact) mass is 224 g/mol. The van der Waals surface area contributed by atoms with Gasteiger partial charge in [0.05, 0.1) is 6.61 Å². The summed E-state index contributed by atoms with van der Waals surface area (Å²) in [6.07, 6.45) is 2.03. The molecule has 0 atom stereocenters. The molecule has 0 bridgehead atoms. The number of ether oxygens (including phenoxy) is 1. The van der Waals surface area contributed by atoms with E-state index in [1.807, 2.05) is 13.8 Å². The third kappa shape index (κ3) is 7.09. The molecule has 4 nitrogen and oxygen atoms in total. The van der Waals surface area contributed by atoms with Crippen LogP contribution in [-0.4, -0.2) is 30.5 Å². The number of aromatic nitrogens is 1. The largest absolute Gasteiger partial charge is 0.381 e. The van der Waals surface area contributed by atoms with Crippen LogP contribution in [0.1, 0.15) is 30.8 Å². The van der Waals surface area contributed by atoms with E-state index in [0.29, 0.717) is 25.3 Å². The van der Waals surface area contributed by atoms with Crippen LogP contribution in [0.3, 0.4) is 0 Å². The number of hydrogen-bond donors (Lipinski definition) is 1. The van der Waals surface area contributed by atoms with Crippen LogP contribution in [0.15, 0.2) is 24.4 Å². The van der Waals surface area contributed by atoms with Crippen molar-refractivity contribution in [3.63, 3.8) is 0 Å². The fraction of sp³-hybridized carbons (Fsp3) is 0.500. The Labute approximate surface area is 96.8 Å². The zero-order chi connectivity index (χ0) is 12.2. The molecular formula is C12H20N2O2. The topological polar surface area (TPSA) is 65.2 Å². The van der Waals surface area contributed by atoms with Crippen molar-refractivity contribution in [2.75, 3.05) is 19.8 Å². The molecular weight excluding hydrogens is 204 g/mol. The average molecular weight is 224 g/mol. The van der Waals surface area contributed by atoms with Crippen LogP contribution in [0, 0.1) is 0 Å². The van der Waals surface area contributed by atoms with Gasteiger partial charge in [0, 0.05) is 19.2 Å². The Hall–Kier alpha value is -1.26. The van der Waals surface area contributed by atoms with Crippen LogP contribution in [0.2, 0.25) is 0 Å². The summed E-state index contributed by atoms with van der Waals surface area (Å²) < 4.78 is 5.08. The standard InChI is InChI=1S/C10H13NO2.C2H7N/c1-2-13-8-6-10(12)9-5-3-4-7-11-9;1-2-3/h3-5,7H,2,6,8H2,1H3;2-3H2,1H3. The molecule has 0 fully saturated rings. The Balaban J connectivity index is 0.000000673. The van der Waals surface area contributed by atoms with Crippen LogP contribution in [0.5, 0.6) is 0 Å². The van der Waals surface area contributed by atoms with Crippen molar-refractivity contribution in [3.8, 4) is 0 Å². The van der Waals surface area contributed by atoms with Gasteiger partial charge in [-0.15, -0.1) is 0 Å². The minimum absolute atomic E-state index is 0.0362. The normalized spacial score (nSPS) is 9.19. The molecule has 0 saturated carbocycles. The van der Waals surface area contributed by atoms with Gasteiger partial charge in [0.2, 0.25) is 0 Å². The number of carbonyl (C=O) groups is 1. The molecule has 0 unspecified atom stereocenters. The molecule has 4 heteroatoms. The van der Waals surface area contributed by atoms with Crippen molar-refractivity contribution in [1.82, 2.24) is 4.98 Å². The highest BCUT2D eigenvalue weighted by atomic mass is 16.5. The van der Waals surface area contributed by atoms with E-state index < -0.39 is 0 Å². The zero-order valence-electron chi connectivity index (χ0n) is 9.98. The van der Waals surface area contributed by atoms with Gasteiger partial charge in [-0.25, -0.2) is 0 Å². The number of carbonyl (C=O) groups excluding carboxylic acids is 1. The van der Waals surface area contributed by atoms with E-state index in [2.05, 4.69) is 4.98 Å². The predicted octanol–water partition coefficient (Wildman–Crippen LogP) is 1.66. The van der Waals surface area contributed by atoms with Crippen LogP contribution in [0.4, 0.5) is 0 Å². The van der Waals surface area contributed by atoms with Gasteiger partial charge in [-0.3, -0.25) is 9.78 Å². The van der Waals surface area contributed by atoms with Crippen molar-refractivity contribution in [3.05, 3.63) is 30.1 Å². The Bertz CT molecular complexity index is 276. The summed E-state index contributed by atoms with van der Waals surface area (Å²) >= 11 is 0. The molecule has 0 aromatic carbocycles. The van der Waals surface area contributed by atoms with Gasteiger partial charge in [-0.05, 0) is 25.6 Å². The SMILES string of the molecule is CCN.CCOCCC(=O)c1ccccn1. The first-order valence-electron chi connectivity index (χ1n) is 5.48. The summed E-state index contributed by atoms with van der Waals surface area (Å²) in [6.45, 7) is 5.69. The maximum atomic E-state index is 11.4. The lowest BCUT2D eigenvalue weighted by Crippen LogP contribution is -2.06. The van der Waals surface area contributed by atoms with E-state index >= 15 is 0 Å². The molecule has 1 rings (SSSR count). The average Bonchev–Trinajstić information content (AvgIpc) is 2.31. The Morgan fingerprint density at radius 2 is 2.12 bits per heavy atom. The van der Waals surface area contributed by atoms with Crippen molar-refractivity contribution in [1.29, 1.82) is 0 Å². The molecule has 90 valence electrons. The number of ketones is 1. The molecule has 2 N–H and O–H groups in total. The molecule has 1 aromatic heterocycles. The summed E-state index contributed by atoms with van der Waals surface area (Å²) in [5.41, 5.74) is 5.36. The molecule has 0 saturated heterocycles. The van der Waals surface area contributed by atoms with Crippen molar-refractivity contribution in [2.24, 2.45) is 5.73 Å². The van der Waals surface area contributed by atoms with E-state index in [4.69, 9.17) is 10.5 Å². The fourth-order valence-electron chi connectivity index (χ4n) is 0.965. The second-order valence-electron chi connectivity index (χ2n) is 2.99. The number of nitrogens with two attached hydrogens (primary N) is 1. The molecule has 0 aliphatic rings. The smallest absolute Gasteiger partial charge is 0.183 e. The second-order valence-corrected chi connectivity index (χ2v) is 2.99. The first-order chi connectivity index (χ1) is 7.76. The van der Waals surface area contributed by atoms with Crippen LogP contribution >= 0.6 is 0 Å². The summed E-state index contributed by atoms with van der Waals surface area (Å²) in [5.74, 6) is 0.0362. The molecule has 0 spiro atoms. The highest BCUT2D eigenvalue weighted by molar-refractivity contribution is 5.94. The second kappa shape index (κ2) is 10.3. The van der Waals surface area contributed by atoms with Gasteiger partial charge in [0.15, 0.2) is 5.78 Å². The summed E-state index contributed by atoms with van der Waals surface area (Å²) in [5, 5.41) is 0. The van der Waals surface area contributed by atoms with Crippen molar-refractivity contribution in [2.45, 2.75) is 20.3 Å². The van der Waals surface area contributed by atoms with Crippen LogP contribution in [-0.2, 0) is 4.74 Å². The minimum Gasteiger partial charge on any atom is -0.381 e. The van der Waals surface area contributed by atoms with Gasteiger partial charge in [-0.2, -0.15) is 0 Å². The fourth-order valence-corrected chi connectivity index (χ4v) is 0.965. The number of Topliss-reactive ketones (excluding diaryl/α,β-unsaturated/α-hetero) is 1. The third-order valence-electron chi connectivity index (χ3n) is 1.63. The van der Waals surface area contributed by atoms with E-state index in [9.17, 15) is 4.79 Å². The molecule has 0 aliphatic carbocycles. The van der Waals surface area contributed by atoms with Crippen LogP contribution in [0.25, 0.3) is 0 Å². The van der Waals surface area contributed by atoms with Gasteiger partial charge < -0.3 is 10.5 Å². The minimum atomic E-state index is 0.0362. The first kappa shape index (κ1) is 14.7. The number of pyridine rings is 1. The number of rotatable bonds is 5. The summed E-state index contributed by atoms with van der Waals surface area (Å²) in [4.78, 5) is 15.3. The highest BCUT2D eigenvalue weighted by Gasteiger charge is 2.04. The van der Waals surface area contributed by atoms with Crippen LogP contribution < -0.4 is 5.73 Å². The predicted molar refractivity (Wildman–Crippen MR) is 64.4 cm³/mol. The van der Waals surface area contributed by atoms with Gasteiger partial charge in [-0.1, -0.05) is 13.0 Å². The van der Waals surface area contributed by atoms with E-state index in [0.717, 1.165) is 6.54 Å². The molecule has 0 aliphatic heterocycles. The highest BCUT2D eigenvalue weighted by Crippen LogP contribution is 1.98. The number of hydrogen-bond acceptors (Lipinski definition) is 4. The lowest BCUT2D eigenvalue weighted by atomic mass is 10.2. The van der Waals surface area contributed by atoms with Crippen molar-refractivity contribution < 1.29 is 9.53 Å². The van der Waals surface area contributed by atoms with E-state index in [1.54, 1.807) is 24.4 Å². The number of nitrogens with zero attached hydrogens (tertiary/aromatic N) is 1. The summed E-state index contributed by atoms with van der Waals surface area (Å²) in [7, 11) is 0. The van der Waals surface area contributed by atoms with Gasteiger partial charge in [0.1, 0.15) is 5.69 Å². The first-order valence-corrected chi connectivity index (χ1v) is 5.48. The molecule has 0 radical (unpaired) electrons. The molecule has 16 heavy (non-hydrogen) atoms. The molecule has 1 aromatic rings. The maximum absolute atomic E-state index is 11.4. The quantitative estimate of drug-likeness (QED) is 0.610. The lowest BCUT2D eigenvalue weighted by Gasteiger charge is -1.99. The maximum Gasteiger partial charge on any atom is 0.183 e. The summed E-state index contributed by atoms with van der Waals surface area (Å²) in [6, 6.07) is 5.31. The van der Waals surface area contributed by atoms with Gasteiger partial charge >= 0.3 is 0 Å². The Morgan fingerprint density at radius 1 is 1.44 bits per heavy atom. The van der Waals surface area contributed by atoms with Gasteiger partial charge in [0.25, 0.3) is 0 Å². The Kier molecular flexibility index (Phi) is 9.46. The zero-order valence-corrected chi connectivity index (χ0v) is 9.98. The van der Waals surface area contributed by atoms with E-state index in [-0.39, 0.29) is 5.78 Å². The third-order valence-corrected chi connectivity index (χ3v) is 1.63. The van der Waals surface area contributed by atoms with Crippen molar-refractivity contribution >= 4 is 5.78 Å². The Morgan fingerprint density at radius 3 is 2.62 bits per heavy atom. The lowest BCUT2D eigenvalue weighted by molar-refractivity contribution is 0.0891. The van der Waals surface area contributed by atoms with E-state index in [1.165, 1.54) is 0 Å². The molecule has 0 amide bonds.